The van der Waals surface area contributed by atoms with Crippen LogP contribution in [0.15, 0.2) is 12.3 Å². The normalized spacial score (nSPS) is 12.3. The molecule has 0 amide bonds. The van der Waals surface area contributed by atoms with Gasteiger partial charge in [0.05, 0.1) is 15.9 Å². The number of pyridine rings is 1. The highest BCUT2D eigenvalue weighted by molar-refractivity contribution is 14.1. The van der Waals surface area contributed by atoms with Gasteiger partial charge < -0.3 is 0 Å². The summed E-state index contributed by atoms with van der Waals surface area (Å²) < 4.78 is 2.87. The second kappa shape index (κ2) is 3.59. The van der Waals surface area contributed by atoms with E-state index in [-0.39, 0.29) is 5.54 Å². The molecule has 0 saturated carbocycles. The van der Waals surface area contributed by atoms with Crippen LogP contribution in [0.5, 0.6) is 0 Å². The summed E-state index contributed by atoms with van der Waals surface area (Å²) in [5, 5.41) is 6.14. The van der Waals surface area contributed by atoms with Gasteiger partial charge in [-0.2, -0.15) is 5.10 Å². The van der Waals surface area contributed by atoms with Gasteiger partial charge in [-0.05, 0) is 49.4 Å². The van der Waals surface area contributed by atoms with Crippen LogP contribution in [0, 0.1) is 3.70 Å². The molecule has 2 aromatic heterocycles. The molecule has 2 heterocycles. The minimum atomic E-state index is -0.0670. The van der Waals surface area contributed by atoms with Crippen molar-refractivity contribution in [2.24, 2.45) is 0 Å². The maximum absolute atomic E-state index is 5.91. The first kappa shape index (κ1) is 11.1. The first-order valence-corrected chi connectivity index (χ1v) is 6.05. The van der Waals surface area contributed by atoms with Crippen LogP contribution in [0.1, 0.15) is 20.8 Å². The number of rotatable bonds is 0. The maximum Gasteiger partial charge on any atom is 0.159 e. The SMILES string of the molecule is CC(C)(C)n1nc(I)c2cc(Cl)cnc21. The number of aromatic nitrogens is 3. The van der Waals surface area contributed by atoms with Crippen LogP contribution in [-0.4, -0.2) is 14.8 Å². The van der Waals surface area contributed by atoms with Crippen LogP contribution in [-0.2, 0) is 5.54 Å². The van der Waals surface area contributed by atoms with Crippen LogP contribution in [0.3, 0.4) is 0 Å². The Morgan fingerprint density at radius 3 is 2.67 bits per heavy atom. The van der Waals surface area contributed by atoms with E-state index in [1.807, 2.05) is 10.7 Å². The fourth-order valence-corrected chi connectivity index (χ4v) is 2.18. The zero-order valence-corrected chi connectivity index (χ0v) is 11.7. The Bertz CT molecular complexity index is 513. The van der Waals surface area contributed by atoms with Gasteiger partial charge in [0.2, 0.25) is 0 Å². The van der Waals surface area contributed by atoms with E-state index in [0.29, 0.717) is 5.02 Å². The van der Waals surface area contributed by atoms with Crippen molar-refractivity contribution >= 4 is 45.2 Å². The van der Waals surface area contributed by atoms with Crippen LogP contribution in [0.4, 0.5) is 0 Å². The molecule has 0 fully saturated rings. The minimum absolute atomic E-state index is 0.0670. The Hall–Kier alpha value is -0.360. The van der Waals surface area contributed by atoms with Crippen molar-refractivity contribution in [1.29, 1.82) is 0 Å². The second-order valence-electron chi connectivity index (χ2n) is 4.40. The molecule has 0 aliphatic carbocycles. The zero-order chi connectivity index (χ0) is 11.2. The predicted molar refractivity (Wildman–Crippen MR) is 70.3 cm³/mol. The fourth-order valence-electron chi connectivity index (χ4n) is 1.41. The summed E-state index contributed by atoms with van der Waals surface area (Å²) in [6.45, 7) is 6.31. The van der Waals surface area contributed by atoms with E-state index < -0.39 is 0 Å². The molecule has 0 radical (unpaired) electrons. The number of nitrogens with zero attached hydrogens (tertiary/aromatic N) is 3. The lowest BCUT2D eigenvalue weighted by atomic mass is 10.1. The van der Waals surface area contributed by atoms with Gasteiger partial charge in [-0.3, -0.25) is 0 Å². The molecule has 3 nitrogen and oxygen atoms in total. The molecule has 0 spiro atoms. The van der Waals surface area contributed by atoms with E-state index in [1.165, 1.54) is 0 Å². The molecule has 0 aromatic carbocycles. The maximum atomic E-state index is 5.91. The number of hydrogen-bond acceptors (Lipinski definition) is 2. The first-order chi connectivity index (χ1) is 6.89. The van der Waals surface area contributed by atoms with Crippen LogP contribution >= 0.6 is 34.2 Å². The zero-order valence-electron chi connectivity index (χ0n) is 8.75. The monoisotopic (exact) mass is 335 g/mol. The average molecular weight is 336 g/mol. The Balaban J connectivity index is 2.79. The second-order valence-corrected chi connectivity index (χ2v) is 5.86. The molecule has 80 valence electrons. The molecule has 2 aromatic rings. The van der Waals surface area contributed by atoms with E-state index in [1.54, 1.807) is 6.20 Å². The Morgan fingerprint density at radius 1 is 1.40 bits per heavy atom. The fraction of sp³-hybridized carbons (Fsp3) is 0.400. The van der Waals surface area contributed by atoms with Crippen molar-refractivity contribution in [1.82, 2.24) is 14.8 Å². The van der Waals surface area contributed by atoms with E-state index in [4.69, 9.17) is 11.6 Å². The summed E-state index contributed by atoms with van der Waals surface area (Å²) in [7, 11) is 0. The summed E-state index contributed by atoms with van der Waals surface area (Å²) in [5.41, 5.74) is 0.818. The molecular formula is C10H11ClIN3. The van der Waals surface area contributed by atoms with Gasteiger partial charge in [0.15, 0.2) is 5.65 Å². The van der Waals surface area contributed by atoms with Gasteiger partial charge in [0, 0.05) is 6.20 Å². The summed E-state index contributed by atoms with van der Waals surface area (Å²) in [6.07, 6.45) is 1.66. The highest BCUT2D eigenvalue weighted by Gasteiger charge is 2.20. The standard InChI is InChI=1S/C10H11ClIN3/c1-10(2,3)15-9-7(8(12)14-15)4-6(11)5-13-9/h4-5H,1-3H3. The van der Waals surface area contributed by atoms with Gasteiger partial charge in [-0.1, -0.05) is 11.6 Å². The van der Waals surface area contributed by atoms with Crippen molar-refractivity contribution in [3.63, 3.8) is 0 Å². The number of fused-ring (bicyclic) bond motifs is 1. The van der Waals surface area contributed by atoms with Crippen molar-refractivity contribution in [2.75, 3.05) is 0 Å². The quantitative estimate of drug-likeness (QED) is 0.691. The van der Waals surface area contributed by atoms with Crippen molar-refractivity contribution in [3.8, 4) is 0 Å². The summed E-state index contributed by atoms with van der Waals surface area (Å²) in [4.78, 5) is 4.33. The molecular weight excluding hydrogens is 324 g/mol. The first-order valence-electron chi connectivity index (χ1n) is 4.60. The molecule has 2 rings (SSSR count). The van der Waals surface area contributed by atoms with E-state index in [9.17, 15) is 0 Å². The Kier molecular flexibility index (Phi) is 2.66. The third-order valence-corrected chi connectivity index (χ3v) is 3.08. The smallest absolute Gasteiger partial charge is 0.159 e. The van der Waals surface area contributed by atoms with Gasteiger partial charge >= 0.3 is 0 Å². The predicted octanol–water partition coefficient (Wildman–Crippen LogP) is 3.44. The molecule has 15 heavy (non-hydrogen) atoms. The van der Waals surface area contributed by atoms with E-state index >= 15 is 0 Å². The third kappa shape index (κ3) is 1.97. The van der Waals surface area contributed by atoms with Crippen molar-refractivity contribution in [2.45, 2.75) is 26.3 Å². The number of hydrogen-bond donors (Lipinski definition) is 0. The van der Waals surface area contributed by atoms with Gasteiger partial charge in [-0.15, -0.1) is 0 Å². The van der Waals surface area contributed by atoms with E-state index in [2.05, 4.69) is 53.4 Å². The van der Waals surface area contributed by atoms with Crippen molar-refractivity contribution in [3.05, 3.63) is 21.0 Å². The highest BCUT2D eigenvalue weighted by Crippen LogP contribution is 2.26. The summed E-state index contributed by atoms with van der Waals surface area (Å²) in [6, 6.07) is 1.90. The third-order valence-electron chi connectivity index (χ3n) is 2.08. The summed E-state index contributed by atoms with van der Waals surface area (Å²) in [5.74, 6) is 0. The van der Waals surface area contributed by atoms with Crippen LogP contribution in [0.2, 0.25) is 5.02 Å². The number of halogens is 2. The average Bonchev–Trinajstić information content (AvgIpc) is 2.43. The Labute approximate surface area is 107 Å². The highest BCUT2D eigenvalue weighted by atomic mass is 127. The largest absolute Gasteiger partial charge is 0.241 e. The molecule has 0 atom stereocenters. The van der Waals surface area contributed by atoms with Crippen LogP contribution in [0.25, 0.3) is 11.0 Å². The molecule has 0 aliphatic heterocycles. The lowest BCUT2D eigenvalue weighted by molar-refractivity contribution is 0.364. The molecule has 0 N–H and O–H groups in total. The van der Waals surface area contributed by atoms with E-state index in [0.717, 1.165) is 14.7 Å². The molecule has 0 bridgehead atoms. The minimum Gasteiger partial charge on any atom is -0.241 e. The molecule has 5 heteroatoms. The van der Waals surface area contributed by atoms with Gasteiger partial charge in [0.1, 0.15) is 3.70 Å². The lowest BCUT2D eigenvalue weighted by Gasteiger charge is -2.19. The van der Waals surface area contributed by atoms with Crippen LogP contribution < -0.4 is 0 Å². The molecule has 0 unspecified atom stereocenters. The topological polar surface area (TPSA) is 30.7 Å². The summed E-state index contributed by atoms with van der Waals surface area (Å²) >= 11 is 8.12. The molecule has 0 aliphatic rings. The van der Waals surface area contributed by atoms with Gasteiger partial charge in [-0.25, -0.2) is 9.67 Å². The van der Waals surface area contributed by atoms with Gasteiger partial charge in [0.25, 0.3) is 0 Å². The molecule has 0 saturated heterocycles. The van der Waals surface area contributed by atoms with Crippen molar-refractivity contribution < 1.29 is 0 Å². The Morgan fingerprint density at radius 2 is 2.07 bits per heavy atom. The lowest BCUT2D eigenvalue weighted by Crippen LogP contribution is -2.23.